The number of rotatable bonds is 6. The standard InChI is InChI=1S/C32H34ClF2N7O/c1-3-31-7-5-20(39-31)15-41(16-31)29-22-9-24(33)21(28-18(2)25(35)11-27-23(28)13-36-40-27)10-26(22)37-30(38-29)43-17-32-6-4-8-42(32)14-19(34)12-32/h3,9-11,13,19-20,39H,1,4-8,12,14-17H2,2H3,(H,36,40). The lowest BCUT2D eigenvalue weighted by molar-refractivity contribution is 0.107. The van der Waals surface area contributed by atoms with E-state index in [9.17, 15) is 4.39 Å². The van der Waals surface area contributed by atoms with Crippen LogP contribution in [-0.2, 0) is 0 Å². The molecule has 0 amide bonds. The monoisotopic (exact) mass is 605 g/mol. The van der Waals surface area contributed by atoms with E-state index in [-0.39, 0.29) is 22.9 Å². The van der Waals surface area contributed by atoms with Gasteiger partial charge in [0.2, 0.25) is 0 Å². The Kier molecular flexibility index (Phi) is 6.23. The van der Waals surface area contributed by atoms with Crippen LogP contribution in [0.15, 0.2) is 37.1 Å². The Hall–Kier alpha value is -3.34. The van der Waals surface area contributed by atoms with Crippen LogP contribution >= 0.6 is 11.6 Å². The molecule has 0 saturated carbocycles. The molecule has 11 heteroatoms. The zero-order chi connectivity index (χ0) is 29.5. The van der Waals surface area contributed by atoms with Gasteiger partial charge < -0.3 is 15.0 Å². The number of aromatic amines is 1. The summed E-state index contributed by atoms with van der Waals surface area (Å²) in [4.78, 5) is 14.4. The topological polar surface area (TPSA) is 82.2 Å². The first-order chi connectivity index (χ1) is 20.8. The maximum Gasteiger partial charge on any atom is 0.319 e. The highest BCUT2D eigenvalue weighted by Gasteiger charge is 2.49. The Morgan fingerprint density at radius 1 is 1.21 bits per heavy atom. The highest BCUT2D eigenvalue weighted by molar-refractivity contribution is 6.35. The van der Waals surface area contributed by atoms with Crippen molar-refractivity contribution in [2.45, 2.75) is 62.3 Å². The number of halogens is 3. The number of anilines is 1. The minimum absolute atomic E-state index is 0.195. The van der Waals surface area contributed by atoms with E-state index in [4.69, 9.17) is 26.3 Å². The van der Waals surface area contributed by atoms with Crippen molar-refractivity contribution in [3.63, 3.8) is 0 Å². The van der Waals surface area contributed by atoms with Crippen LogP contribution in [0, 0.1) is 12.7 Å². The lowest BCUT2D eigenvalue weighted by Crippen LogP contribution is -2.58. The van der Waals surface area contributed by atoms with Gasteiger partial charge in [-0.25, -0.2) is 8.78 Å². The number of nitrogens with zero attached hydrogens (tertiary/aromatic N) is 5. The molecule has 8 nitrogen and oxygen atoms in total. The van der Waals surface area contributed by atoms with Gasteiger partial charge in [-0.3, -0.25) is 10.00 Å². The van der Waals surface area contributed by atoms with E-state index in [1.807, 2.05) is 18.2 Å². The molecule has 2 bridgehead atoms. The van der Waals surface area contributed by atoms with Crippen molar-refractivity contribution < 1.29 is 13.5 Å². The summed E-state index contributed by atoms with van der Waals surface area (Å²) in [6, 6.07) is 5.80. The maximum atomic E-state index is 15.0. The molecule has 8 rings (SSSR count). The molecule has 4 saturated heterocycles. The molecule has 4 aromatic rings. The fraction of sp³-hybridized carbons (Fsp3) is 0.469. The molecule has 4 aliphatic heterocycles. The Balaban J connectivity index is 1.26. The third-order valence-corrected chi connectivity index (χ3v) is 10.5. The van der Waals surface area contributed by atoms with Crippen LogP contribution in [0.3, 0.4) is 0 Å². The largest absolute Gasteiger partial charge is 0.461 e. The number of benzene rings is 2. The number of fused-ring (bicyclic) bond motifs is 5. The summed E-state index contributed by atoms with van der Waals surface area (Å²) in [5, 5.41) is 12.8. The number of ether oxygens (including phenoxy) is 1. The van der Waals surface area contributed by atoms with Crippen molar-refractivity contribution in [1.82, 2.24) is 30.4 Å². The third-order valence-electron chi connectivity index (χ3n) is 10.2. The normalized spacial score (nSPS) is 28.7. The zero-order valence-electron chi connectivity index (χ0n) is 24.1. The summed E-state index contributed by atoms with van der Waals surface area (Å²) in [6.45, 7) is 9.03. The quantitative estimate of drug-likeness (QED) is 0.272. The first-order valence-electron chi connectivity index (χ1n) is 15.1. The molecule has 4 fully saturated rings. The summed E-state index contributed by atoms with van der Waals surface area (Å²) in [7, 11) is 0. The average Bonchev–Trinajstić information content (AvgIpc) is 3.75. The van der Waals surface area contributed by atoms with Gasteiger partial charge in [-0.05, 0) is 62.9 Å². The number of alkyl halides is 1. The minimum Gasteiger partial charge on any atom is -0.461 e. The van der Waals surface area contributed by atoms with Crippen LogP contribution in [0.25, 0.3) is 32.9 Å². The van der Waals surface area contributed by atoms with Gasteiger partial charge in [0, 0.05) is 59.0 Å². The van der Waals surface area contributed by atoms with Crippen molar-refractivity contribution >= 4 is 39.2 Å². The first kappa shape index (κ1) is 27.2. The van der Waals surface area contributed by atoms with Crippen LogP contribution in [0.4, 0.5) is 14.6 Å². The molecule has 2 N–H and O–H groups in total. The van der Waals surface area contributed by atoms with Gasteiger partial charge in [0.25, 0.3) is 0 Å². The van der Waals surface area contributed by atoms with E-state index in [1.54, 1.807) is 13.1 Å². The van der Waals surface area contributed by atoms with Crippen molar-refractivity contribution in [1.29, 1.82) is 0 Å². The van der Waals surface area contributed by atoms with Crippen LogP contribution in [0.5, 0.6) is 6.01 Å². The maximum absolute atomic E-state index is 15.0. The molecule has 6 heterocycles. The molecule has 4 unspecified atom stereocenters. The smallest absolute Gasteiger partial charge is 0.319 e. The van der Waals surface area contributed by atoms with Crippen molar-refractivity contribution in [3.8, 4) is 17.1 Å². The Morgan fingerprint density at radius 3 is 2.95 bits per heavy atom. The lowest BCUT2D eigenvalue weighted by atomic mass is 9.95. The van der Waals surface area contributed by atoms with E-state index in [0.717, 1.165) is 55.4 Å². The molecular weight excluding hydrogens is 572 g/mol. The summed E-state index contributed by atoms with van der Waals surface area (Å²) in [5.41, 5.74) is 2.53. The molecule has 0 aliphatic carbocycles. The first-order valence-corrected chi connectivity index (χ1v) is 15.5. The van der Waals surface area contributed by atoms with E-state index >= 15 is 4.39 Å². The predicted molar refractivity (Wildman–Crippen MR) is 164 cm³/mol. The van der Waals surface area contributed by atoms with Gasteiger partial charge >= 0.3 is 6.01 Å². The summed E-state index contributed by atoms with van der Waals surface area (Å²) < 4.78 is 35.9. The van der Waals surface area contributed by atoms with E-state index in [2.05, 4.69) is 31.9 Å². The molecule has 0 spiro atoms. The molecule has 43 heavy (non-hydrogen) atoms. The highest BCUT2D eigenvalue weighted by Crippen LogP contribution is 2.43. The Morgan fingerprint density at radius 2 is 2.09 bits per heavy atom. The van der Waals surface area contributed by atoms with Crippen molar-refractivity contribution in [3.05, 3.63) is 53.5 Å². The van der Waals surface area contributed by atoms with Gasteiger partial charge in [0.05, 0.1) is 28.3 Å². The zero-order valence-corrected chi connectivity index (χ0v) is 24.9. The number of piperazine rings is 1. The second-order valence-corrected chi connectivity index (χ2v) is 13.3. The molecule has 0 radical (unpaired) electrons. The fourth-order valence-electron chi connectivity index (χ4n) is 8.07. The third kappa shape index (κ3) is 4.32. The molecule has 224 valence electrons. The number of hydrogen-bond acceptors (Lipinski definition) is 7. The van der Waals surface area contributed by atoms with E-state index < -0.39 is 6.17 Å². The summed E-state index contributed by atoms with van der Waals surface area (Å²) in [5.74, 6) is 0.400. The van der Waals surface area contributed by atoms with Crippen LogP contribution < -0.4 is 15.0 Å². The average molecular weight is 606 g/mol. The second-order valence-electron chi connectivity index (χ2n) is 12.9. The molecular formula is C32H34ClF2N7O. The number of hydrogen-bond donors (Lipinski definition) is 2. The van der Waals surface area contributed by atoms with Crippen LogP contribution in [-0.4, -0.2) is 81.1 Å². The van der Waals surface area contributed by atoms with Gasteiger partial charge in [0.15, 0.2) is 0 Å². The summed E-state index contributed by atoms with van der Waals surface area (Å²) >= 11 is 7.00. The minimum atomic E-state index is -0.845. The van der Waals surface area contributed by atoms with Gasteiger partial charge in [-0.15, -0.1) is 6.58 Å². The molecule has 2 aromatic carbocycles. The van der Waals surface area contributed by atoms with Crippen molar-refractivity contribution in [2.24, 2.45) is 0 Å². The number of nitrogens with one attached hydrogen (secondary N) is 2. The van der Waals surface area contributed by atoms with Crippen molar-refractivity contribution in [2.75, 3.05) is 37.7 Å². The highest BCUT2D eigenvalue weighted by atomic mass is 35.5. The van der Waals surface area contributed by atoms with Crippen LogP contribution in [0.1, 0.15) is 37.7 Å². The number of H-pyrrole nitrogens is 1. The number of aromatic nitrogens is 4. The van der Waals surface area contributed by atoms with E-state index in [1.165, 1.54) is 6.07 Å². The van der Waals surface area contributed by atoms with Crippen LogP contribution in [0.2, 0.25) is 5.02 Å². The lowest BCUT2D eigenvalue weighted by Gasteiger charge is -2.40. The molecule has 4 atom stereocenters. The SMILES string of the molecule is C=CC12CCC(CN(c3nc(OCC45CCCN4CC(F)C5)nc4cc(-c5c(C)c(F)cc6[nH]ncc56)c(Cl)cc34)C1)N2. The van der Waals surface area contributed by atoms with Gasteiger partial charge in [-0.2, -0.15) is 15.1 Å². The van der Waals surface area contributed by atoms with Gasteiger partial charge in [0.1, 0.15) is 24.4 Å². The Bertz CT molecular complexity index is 1780. The molecule has 2 aromatic heterocycles. The van der Waals surface area contributed by atoms with Gasteiger partial charge in [-0.1, -0.05) is 17.7 Å². The fourth-order valence-corrected chi connectivity index (χ4v) is 8.33. The second kappa shape index (κ2) is 9.84. The predicted octanol–water partition coefficient (Wildman–Crippen LogP) is 5.73. The Labute approximate surface area is 253 Å². The summed E-state index contributed by atoms with van der Waals surface area (Å²) in [6.07, 6.45) is 7.32. The van der Waals surface area contributed by atoms with E-state index in [0.29, 0.717) is 64.9 Å². The molecule has 4 aliphatic rings.